The summed E-state index contributed by atoms with van der Waals surface area (Å²) >= 11 is 0. The van der Waals surface area contributed by atoms with Crippen LogP contribution in [0, 0.1) is 23.7 Å². The molecule has 0 fully saturated rings. The van der Waals surface area contributed by atoms with E-state index in [9.17, 15) is 5.26 Å². The predicted molar refractivity (Wildman–Crippen MR) is 126 cm³/mol. The number of nitrogens with two attached hydrogens (primary N) is 1. The normalized spacial score (nSPS) is 11.1. The molecule has 0 bridgehead atoms. The highest BCUT2D eigenvalue weighted by molar-refractivity contribution is 5.72. The third kappa shape index (κ3) is 6.53. The Morgan fingerprint density at radius 2 is 1.72 bits per heavy atom. The Balaban J connectivity index is 1.88. The first kappa shape index (κ1) is 23.2. The van der Waals surface area contributed by atoms with E-state index >= 15 is 0 Å². The maximum atomic E-state index is 9.37. The molecule has 0 saturated carbocycles. The Kier molecular flexibility index (Phi) is 7.45. The molecule has 3 rings (SSSR count). The molecule has 6 heteroatoms. The van der Waals surface area contributed by atoms with Crippen LogP contribution in [0.5, 0.6) is 17.5 Å². The van der Waals surface area contributed by atoms with Crippen molar-refractivity contribution in [2.45, 2.75) is 40.5 Å². The van der Waals surface area contributed by atoms with Crippen molar-refractivity contribution in [2.24, 2.45) is 11.1 Å². The number of nitriles is 1. The van der Waals surface area contributed by atoms with E-state index in [0.717, 1.165) is 24.0 Å². The molecule has 0 aliphatic rings. The lowest BCUT2D eigenvalue weighted by molar-refractivity contribution is 0.235. The molecule has 0 spiro atoms. The Bertz CT molecular complexity index is 1100. The van der Waals surface area contributed by atoms with Crippen LogP contribution >= 0.6 is 0 Å². The first-order chi connectivity index (χ1) is 15.3. The summed E-state index contributed by atoms with van der Waals surface area (Å²) in [4.78, 5) is 8.77. The van der Waals surface area contributed by atoms with Crippen molar-refractivity contribution in [3.8, 4) is 34.7 Å². The number of aromatic nitrogens is 2. The standard InChI is InChI=1S/C26H30N4O2/c1-18-29-24(31-14-12-26(2,3)4)16-25(30-18)32-23-15-20(17-28)7-10-22(23)21-8-5-19(6-9-21)11-13-27/h5-10,15-16H,11-14,27H2,1-4H3. The molecule has 0 radical (unpaired) electrons. The van der Waals surface area contributed by atoms with Crippen LogP contribution in [-0.2, 0) is 6.42 Å². The van der Waals surface area contributed by atoms with Crippen molar-refractivity contribution in [1.29, 1.82) is 5.26 Å². The van der Waals surface area contributed by atoms with Crippen molar-refractivity contribution in [3.05, 3.63) is 65.5 Å². The number of hydrogen-bond donors (Lipinski definition) is 1. The maximum Gasteiger partial charge on any atom is 0.226 e. The molecule has 166 valence electrons. The van der Waals surface area contributed by atoms with Gasteiger partial charge in [0, 0.05) is 5.56 Å². The van der Waals surface area contributed by atoms with Crippen LogP contribution in [-0.4, -0.2) is 23.1 Å². The van der Waals surface area contributed by atoms with Gasteiger partial charge in [-0.05, 0) is 61.1 Å². The van der Waals surface area contributed by atoms with Crippen LogP contribution in [0.25, 0.3) is 11.1 Å². The number of hydrogen-bond acceptors (Lipinski definition) is 6. The van der Waals surface area contributed by atoms with E-state index in [4.69, 9.17) is 15.2 Å². The fourth-order valence-corrected chi connectivity index (χ4v) is 3.15. The van der Waals surface area contributed by atoms with Crippen LogP contribution < -0.4 is 15.2 Å². The van der Waals surface area contributed by atoms with Crippen molar-refractivity contribution in [2.75, 3.05) is 13.2 Å². The highest BCUT2D eigenvalue weighted by Gasteiger charge is 2.14. The molecule has 3 aromatic rings. The summed E-state index contributed by atoms with van der Waals surface area (Å²) in [6.07, 6.45) is 1.73. The van der Waals surface area contributed by atoms with Crippen molar-refractivity contribution < 1.29 is 9.47 Å². The summed E-state index contributed by atoms with van der Waals surface area (Å²) in [5.74, 6) is 1.95. The lowest BCUT2D eigenvalue weighted by Crippen LogP contribution is -2.12. The second-order valence-corrected chi connectivity index (χ2v) is 8.91. The Morgan fingerprint density at radius 1 is 1.00 bits per heavy atom. The van der Waals surface area contributed by atoms with E-state index in [1.165, 1.54) is 5.56 Å². The first-order valence-corrected chi connectivity index (χ1v) is 10.8. The van der Waals surface area contributed by atoms with Crippen LogP contribution in [0.2, 0.25) is 0 Å². The van der Waals surface area contributed by atoms with Crippen LogP contribution in [0.3, 0.4) is 0 Å². The summed E-state index contributed by atoms with van der Waals surface area (Å²) in [5.41, 5.74) is 9.37. The van der Waals surface area contributed by atoms with E-state index in [1.807, 2.05) is 18.2 Å². The summed E-state index contributed by atoms with van der Waals surface area (Å²) in [5, 5.41) is 9.37. The molecule has 1 aromatic heterocycles. The third-order valence-corrected chi connectivity index (χ3v) is 4.92. The number of rotatable bonds is 8. The molecule has 0 aliphatic carbocycles. The number of aryl methyl sites for hydroxylation is 1. The van der Waals surface area contributed by atoms with Crippen molar-refractivity contribution in [3.63, 3.8) is 0 Å². The average Bonchev–Trinajstić information content (AvgIpc) is 2.73. The highest BCUT2D eigenvalue weighted by Crippen LogP contribution is 2.34. The highest BCUT2D eigenvalue weighted by atomic mass is 16.5. The Morgan fingerprint density at radius 3 is 2.38 bits per heavy atom. The van der Waals surface area contributed by atoms with Gasteiger partial charge in [0.25, 0.3) is 0 Å². The molecule has 1 heterocycles. The van der Waals surface area contributed by atoms with Gasteiger partial charge in [-0.1, -0.05) is 45.0 Å². The molecule has 0 amide bonds. The molecular weight excluding hydrogens is 400 g/mol. The van der Waals surface area contributed by atoms with Gasteiger partial charge in [0.05, 0.1) is 24.3 Å². The molecule has 2 aromatic carbocycles. The summed E-state index contributed by atoms with van der Waals surface area (Å²) < 4.78 is 12.0. The molecule has 0 saturated heterocycles. The van der Waals surface area contributed by atoms with Gasteiger partial charge in [-0.15, -0.1) is 0 Å². The van der Waals surface area contributed by atoms with E-state index in [1.54, 1.807) is 25.1 Å². The molecule has 0 unspecified atom stereocenters. The van der Waals surface area contributed by atoms with Crippen molar-refractivity contribution in [1.82, 2.24) is 9.97 Å². The molecule has 0 atom stereocenters. The molecule has 2 N–H and O–H groups in total. The minimum atomic E-state index is 0.174. The minimum Gasteiger partial charge on any atom is -0.477 e. The monoisotopic (exact) mass is 430 g/mol. The number of benzene rings is 2. The minimum absolute atomic E-state index is 0.174. The zero-order valence-electron chi connectivity index (χ0n) is 19.2. The predicted octanol–water partition coefficient (Wildman–Crippen LogP) is 5.43. The molecule has 6 nitrogen and oxygen atoms in total. The van der Waals surface area contributed by atoms with Gasteiger partial charge < -0.3 is 15.2 Å². The number of ether oxygens (including phenoxy) is 2. The molecule has 32 heavy (non-hydrogen) atoms. The summed E-state index contributed by atoms with van der Waals surface area (Å²) in [7, 11) is 0. The summed E-state index contributed by atoms with van der Waals surface area (Å²) in [6, 6.07) is 17.4. The second-order valence-electron chi connectivity index (χ2n) is 8.91. The van der Waals surface area contributed by atoms with Crippen LogP contribution in [0.4, 0.5) is 0 Å². The largest absolute Gasteiger partial charge is 0.477 e. The van der Waals surface area contributed by atoms with E-state index < -0.39 is 0 Å². The van der Waals surface area contributed by atoms with Gasteiger partial charge in [0.1, 0.15) is 11.6 Å². The zero-order chi connectivity index (χ0) is 23.1. The van der Waals surface area contributed by atoms with Gasteiger partial charge in [0.15, 0.2) is 0 Å². The smallest absolute Gasteiger partial charge is 0.226 e. The SMILES string of the molecule is Cc1nc(OCCC(C)(C)C)cc(Oc2cc(C#N)ccc2-c2ccc(CCN)cc2)n1. The quantitative estimate of drug-likeness (QED) is 0.512. The fraction of sp³-hybridized carbons (Fsp3) is 0.346. The first-order valence-electron chi connectivity index (χ1n) is 10.8. The summed E-state index contributed by atoms with van der Waals surface area (Å²) in [6.45, 7) is 9.47. The van der Waals surface area contributed by atoms with Crippen LogP contribution in [0.1, 0.15) is 44.1 Å². The molecule has 0 aliphatic heterocycles. The van der Waals surface area contributed by atoms with Gasteiger partial charge in [-0.25, -0.2) is 0 Å². The van der Waals surface area contributed by atoms with E-state index in [2.05, 4.69) is 48.9 Å². The fourth-order valence-electron chi connectivity index (χ4n) is 3.15. The van der Waals surface area contributed by atoms with Gasteiger partial charge in [-0.2, -0.15) is 15.2 Å². The topological polar surface area (TPSA) is 94.0 Å². The van der Waals surface area contributed by atoms with Gasteiger partial charge in [0.2, 0.25) is 11.8 Å². The lowest BCUT2D eigenvalue weighted by atomic mass is 9.93. The Hall–Kier alpha value is -3.43. The maximum absolute atomic E-state index is 9.37. The third-order valence-electron chi connectivity index (χ3n) is 4.92. The average molecular weight is 431 g/mol. The second kappa shape index (κ2) is 10.3. The van der Waals surface area contributed by atoms with Crippen LogP contribution in [0.15, 0.2) is 48.5 Å². The lowest BCUT2D eigenvalue weighted by Gasteiger charge is -2.18. The van der Waals surface area contributed by atoms with E-state index in [0.29, 0.717) is 42.0 Å². The van der Waals surface area contributed by atoms with Gasteiger partial charge >= 0.3 is 0 Å². The Labute approximate surface area is 190 Å². The van der Waals surface area contributed by atoms with Gasteiger partial charge in [-0.3, -0.25) is 0 Å². The zero-order valence-corrected chi connectivity index (χ0v) is 19.2. The molecular formula is C26H30N4O2. The van der Waals surface area contributed by atoms with E-state index in [-0.39, 0.29) is 5.41 Å². The number of nitrogens with zero attached hydrogens (tertiary/aromatic N) is 3. The van der Waals surface area contributed by atoms with Crippen molar-refractivity contribution >= 4 is 0 Å².